The Hall–Kier alpha value is -2.07. The summed E-state index contributed by atoms with van der Waals surface area (Å²) in [4.78, 5) is 35.9. The van der Waals surface area contributed by atoms with Crippen LogP contribution in [0.3, 0.4) is 0 Å². The van der Waals surface area contributed by atoms with Gasteiger partial charge in [-0.1, -0.05) is 0 Å². The van der Waals surface area contributed by atoms with Crippen molar-refractivity contribution in [1.82, 2.24) is 19.7 Å². The van der Waals surface area contributed by atoms with Crippen molar-refractivity contribution in [3.05, 3.63) is 30.1 Å². The Labute approximate surface area is 181 Å². The third kappa shape index (κ3) is 3.95. The lowest BCUT2D eigenvalue weighted by atomic mass is 9.83. The fourth-order valence-corrected chi connectivity index (χ4v) is 5.65. The van der Waals surface area contributed by atoms with Crippen molar-refractivity contribution in [2.24, 2.45) is 11.8 Å². The highest BCUT2D eigenvalue weighted by Crippen LogP contribution is 2.49. The van der Waals surface area contributed by atoms with Gasteiger partial charge in [0.25, 0.3) is 0 Å². The van der Waals surface area contributed by atoms with Gasteiger partial charge in [0.1, 0.15) is 5.60 Å². The quantitative estimate of drug-likeness (QED) is 0.640. The van der Waals surface area contributed by atoms with E-state index < -0.39 is 5.60 Å². The number of nitrogens with zero attached hydrogens (tertiary/aromatic N) is 4. The van der Waals surface area contributed by atoms with Crippen LogP contribution in [0.1, 0.15) is 5.56 Å². The second kappa shape index (κ2) is 8.46. The summed E-state index contributed by atoms with van der Waals surface area (Å²) in [5.74, 6) is 0.131. The molecule has 4 saturated heterocycles. The zero-order valence-corrected chi connectivity index (χ0v) is 17.7. The Balaban J connectivity index is 1.28. The van der Waals surface area contributed by atoms with Crippen LogP contribution in [0.25, 0.3) is 0 Å². The number of morpholine rings is 2. The smallest absolute Gasteiger partial charge is 0.236 e. The minimum absolute atomic E-state index is 0.00889. The molecular weight excluding hydrogens is 400 g/mol. The van der Waals surface area contributed by atoms with Crippen molar-refractivity contribution in [2.75, 3.05) is 65.6 Å². The number of pyridine rings is 1. The molecule has 0 aromatic carbocycles. The number of carbonyl (C=O) groups is 2. The summed E-state index contributed by atoms with van der Waals surface area (Å²) >= 11 is 0. The first kappa shape index (κ1) is 20.8. The first-order chi connectivity index (χ1) is 15.1. The maximum absolute atomic E-state index is 13.0. The molecule has 168 valence electrons. The van der Waals surface area contributed by atoms with Crippen molar-refractivity contribution in [2.45, 2.75) is 18.1 Å². The number of likely N-dealkylation sites (tertiary alicyclic amines) is 2. The molecule has 4 aliphatic heterocycles. The summed E-state index contributed by atoms with van der Waals surface area (Å²) in [7, 11) is 0. The van der Waals surface area contributed by atoms with E-state index in [1.54, 1.807) is 12.4 Å². The zero-order valence-electron chi connectivity index (χ0n) is 17.7. The van der Waals surface area contributed by atoms with Crippen molar-refractivity contribution in [3.8, 4) is 0 Å². The molecule has 9 heteroatoms. The summed E-state index contributed by atoms with van der Waals surface area (Å²) in [6.07, 6.45) is 3.52. The standard InChI is InChI=1S/C22H30N4O5/c27-13-17-18-10-25(21(29)12-24-5-7-30-8-6-24)14-22(18)15-26(11-19(17)31-22)20(28)9-16-1-3-23-4-2-16/h1-4,17-19,27H,5-15H2/t17-,18+,19+,22-/m0/s1. The monoisotopic (exact) mass is 430 g/mol. The van der Waals surface area contributed by atoms with Crippen LogP contribution < -0.4 is 0 Å². The van der Waals surface area contributed by atoms with Gasteiger partial charge in [-0.2, -0.15) is 0 Å². The van der Waals surface area contributed by atoms with Gasteiger partial charge in [0.2, 0.25) is 11.8 Å². The topological polar surface area (TPSA) is 95.4 Å². The second-order valence-electron chi connectivity index (χ2n) is 9.14. The van der Waals surface area contributed by atoms with Crippen molar-refractivity contribution in [1.29, 1.82) is 0 Å². The Morgan fingerprint density at radius 3 is 2.52 bits per heavy atom. The number of aliphatic hydroxyl groups is 1. The SMILES string of the molecule is O=C(CN1CCOCC1)N1C[C@@H]2[C@H](CO)[C@H]3CN(C(=O)Cc4ccncc4)C[C@]2(C1)O3. The molecule has 5 rings (SSSR count). The Morgan fingerprint density at radius 2 is 1.81 bits per heavy atom. The molecule has 31 heavy (non-hydrogen) atoms. The lowest BCUT2D eigenvalue weighted by molar-refractivity contribution is -0.154. The molecule has 1 aromatic heterocycles. The number of aromatic nitrogens is 1. The van der Waals surface area contributed by atoms with Crippen molar-refractivity contribution < 1.29 is 24.2 Å². The maximum atomic E-state index is 13.0. The summed E-state index contributed by atoms with van der Waals surface area (Å²) < 4.78 is 11.8. The van der Waals surface area contributed by atoms with E-state index in [2.05, 4.69) is 9.88 Å². The van der Waals surface area contributed by atoms with Crippen LogP contribution in [0.15, 0.2) is 24.5 Å². The second-order valence-corrected chi connectivity index (χ2v) is 9.14. The largest absolute Gasteiger partial charge is 0.396 e. The number of hydrogen-bond acceptors (Lipinski definition) is 7. The van der Waals surface area contributed by atoms with Crippen LogP contribution in [-0.2, 0) is 25.5 Å². The van der Waals surface area contributed by atoms with E-state index in [1.807, 2.05) is 21.9 Å². The van der Waals surface area contributed by atoms with E-state index in [1.165, 1.54) is 0 Å². The molecule has 0 unspecified atom stereocenters. The molecule has 1 N–H and O–H groups in total. The van der Waals surface area contributed by atoms with Gasteiger partial charge in [-0.25, -0.2) is 0 Å². The summed E-state index contributed by atoms with van der Waals surface area (Å²) in [6.45, 7) is 5.26. The summed E-state index contributed by atoms with van der Waals surface area (Å²) in [5, 5.41) is 10.1. The van der Waals surface area contributed by atoms with Crippen LogP contribution in [-0.4, -0.2) is 114 Å². The molecule has 0 radical (unpaired) electrons. The molecule has 0 saturated carbocycles. The fourth-order valence-electron chi connectivity index (χ4n) is 5.65. The predicted molar refractivity (Wildman–Crippen MR) is 110 cm³/mol. The van der Waals surface area contributed by atoms with Crippen LogP contribution in [0.2, 0.25) is 0 Å². The maximum Gasteiger partial charge on any atom is 0.236 e. The first-order valence-corrected chi connectivity index (χ1v) is 11.1. The van der Waals surface area contributed by atoms with E-state index in [-0.39, 0.29) is 36.4 Å². The van der Waals surface area contributed by atoms with E-state index in [0.717, 1.165) is 18.7 Å². The van der Waals surface area contributed by atoms with Gasteiger partial charge in [-0.15, -0.1) is 0 Å². The molecular formula is C22H30N4O5. The minimum atomic E-state index is -0.578. The number of amides is 2. The number of ether oxygens (including phenoxy) is 2. The molecule has 5 heterocycles. The molecule has 4 aliphatic rings. The molecule has 4 atom stereocenters. The predicted octanol–water partition coefficient (Wildman–Crippen LogP) is -0.997. The highest BCUT2D eigenvalue weighted by molar-refractivity contribution is 5.80. The highest BCUT2D eigenvalue weighted by atomic mass is 16.5. The Morgan fingerprint density at radius 1 is 1.10 bits per heavy atom. The minimum Gasteiger partial charge on any atom is -0.396 e. The molecule has 2 bridgehead atoms. The zero-order chi connectivity index (χ0) is 21.4. The van der Waals surface area contributed by atoms with Gasteiger partial charge >= 0.3 is 0 Å². The third-order valence-electron chi connectivity index (χ3n) is 7.27. The van der Waals surface area contributed by atoms with Crippen LogP contribution in [0.4, 0.5) is 0 Å². The summed E-state index contributed by atoms with van der Waals surface area (Å²) in [6, 6.07) is 3.71. The van der Waals surface area contributed by atoms with Gasteiger partial charge in [-0.05, 0) is 17.7 Å². The lowest BCUT2D eigenvalue weighted by Crippen LogP contribution is -2.56. The number of hydrogen-bond donors (Lipinski definition) is 1. The molecule has 2 amide bonds. The lowest BCUT2D eigenvalue weighted by Gasteiger charge is -2.40. The van der Waals surface area contributed by atoms with Gasteiger partial charge in [0.05, 0.1) is 45.4 Å². The molecule has 0 aliphatic carbocycles. The molecule has 1 spiro atoms. The van der Waals surface area contributed by atoms with E-state index in [4.69, 9.17) is 9.47 Å². The van der Waals surface area contributed by atoms with Gasteiger partial charge in [-0.3, -0.25) is 19.5 Å². The van der Waals surface area contributed by atoms with Crippen molar-refractivity contribution >= 4 is 11.8 Å². The third-order valence-corrected chi connectivity index (χ3v) is 7.27. The Bertz CT molecular complexity index is 817. The van der Waals surface area contributed by atoms with Crippen LogP contribution >= 0.6 is 0 Å². The summed E-state index contributed by atoms with van der Waals surface area (Å²) in [5.41, 5.74) is 0.352. The average Bonchev–Trinajstić information content (AvgIpc) is 3.22. The van der Waals surface area contributed by atoms with E-state index >= 15 is 0 Å². The molecule has 9 nitrogen and oxygen atoms in total. The van der Waals surface area contributed by atoms with Gasteiger partial charge in [0.15, 0.2) is 0 Å². The van der Waals surface area contributed by atoms with Crippen LogP contribution in [0, 0.1) is 11.8 Å². The van der Waals surface area contributed by atoms with Crippen LogP contribution in [0.5, 0.6) is 0 Å². The van der Waals surface area contributed by atoms with E-state index in [0.29, 0.717) is 52.4 Å². The normalized spacial score (nSPS) is 32.9. The number of carbonyl (C=O) groups excluding carboxylic acids is 2. The van der Waals surface area contributed by atoms with Gasteiger partial charge in [0, 0.05) is 57.0 Å². The first-order valence-electron chi connectivity index (χ1n) is 11.1. The highest BCUT2D eigenvalue weighted by Gasteiger charge is 2.63. The average molecular weight is 431 g/mol. The molecule has 4 fully saturated rings. The van der Waals surface area contributed by atoms with E-state index in [9.17, 15) is 14.7 Å². The van der Waals surface area contributed by atoms with Gasteiger partial charge < -0.3 is 24.4 Å². The van der Waals surface area contributed by atoms with Crippen molar-refractivity contribution in [3.63, 3.8) is 0 Å². The molecule has 1 aromatic rings. The Kier molecular flexibility index (Phi) is 5.68. The fraction of sp³-hybridized carbons (Fsp3) is 0.682. The number of fused-ring (bicyclic) bond motifs is 1. The number of rotatable bonds is 5. The number of aliphatic hydroxyl groups excluding tert-OH is 1.